The van der Waals surface area contributed by atoms with E-state index in [0.717, 1.165) is 33.3 Å². The topological polar surface area (TPSA) is 26.3 Å². The number of carbonyl (C=O) groups excluding carboxylic acids is 1. The van der Waals surface area contributed by atoms with E-state index in [9.17, 15) is 4.79 Å². The smallest absolute Gasteiger partial charge is 1.00 e. The van der Waals surface area contributed by atoms with Crippen molar-refractivity contribution in [3.8, 4) is 5.75 Å². The van der Waals surface area contributed by atoms with Gasteiger partial charge in [0.15, 0.2) is 5.52 Å². The average molecular weight is 322 g/mol. The van der Waals surface area contributed by atoms with Crippen molar-refractivity contribution in [1.82, 2.24) is 0 Å². The van der Waals surface area contributed by atoms with Gasteiger partial charge in [-0.25, -0.2) is 0 Å². The molecular weight excluding hydrogens is 298 g/mol. The Morgan fingerprint density at radius 1 is 1.04 bits per heavy atom. The molecule has 2 aromatic rings. The maximum Gasteiger partial charge on any atom is 1.00 e. The van der Waals surface area contributed by atoms with E-state index in [1.54, 1.807) is 0 Å². The summed E-state index contributed by atoms with van der Waals surface area (Å²) < 4.78 is 5.50. The molecule has 0 aliphatic rings. The van der Waals surface area contributed by atoms with Gasteiger partial charge in [-0.1, -0.05) is 23.8 Å². The molecule has 2 nitrogen and oxygen atoms in total. The summed E-state index contributed by atoms with van der Waals surface area (Å²) in [5.41, 5.74) is 5.53. The van der Waals surface area contributed by atoms with Crippen molar-refractivity contribution in [2.45, 2.75) is 34.6 Å². The zero-order valence-corrected chi connectivity index (χ0v) is 15.9. The third kappa shape index (κ3) is 4.95. The van der Waals surface area contributed by atoms with E-state index in [2.05, 4.69) is 19.1 Å². The summed E-state index contributed by atoms with van der Waals surface area (Å²) in [5.74, 6) is 0.865. The summed E-state index contributed by atoms with van der Waals surface area (Å²) in [7, 11) is 0.148. The monoisotopic (exact) mass is 322 g/mol. The molecule has 1 unspecified atom stereocenters. The van der Waals surface area contributed by atoms with Gasteiger partial charge in [-0.2, -0.15) is 0 Å². The fourth-order valence-corrected chi connectivity index (χ4v) is 3.96. The summed E-state index contributed by atoms with van der Waals surface area (Å²) in [4.78, 5) is 12.7. The van der Waals surface area contributed by atoms with E-state index in [4.69, 9.17) is 4.74 Å². The van der Waals surface area contributed by atoms with Crippen LogP contribution in [0.5, 0.6) is 5.75 Å². The molecule has 0 radical (unpaired) electrons. The molecular formula is C19H24LiO2P. The normalized spacial score (nSPS) is 10.7. The van der Waals surface area contributed by atoms with Crippen molar-refractivity contribution >= 4 is 19.4 Å². The van der Waals surface area contributed by atoms with E-state index in [1.165, 1.54) is 5.56 Å². The van der Waals surface area contributed by atoms with E-state index < -0.39 is 0 Å². The zero-order chi connectivity index (χ0) is 16.3. The predicted octanol–water partition coefficient (Wildman–Crippen LogP) is 1.58. The van der Waals surface area contributed by atoms with Crippen LogP contribution in [-0.4, -0.2) is 12.1 Å². The molecule has 0 N–H and O–H groups in total. The maximum atomic E-state index is 12.7. The summed E-state index contributed by atoms with van der Waals surface area (Å²) in [6.07, 6.45) is 0. The minimum absolute atomic E-state index is 0. The van der Waals surface area contributed by atoms with Crippen molar-refractivity contribution in [2.75, 3.05) is 6.61 Å². The largest absolute Gasteiger partial charge is 1.00 e. The first-order valence-corrected chi connectivity index (χ1v) is 8.55. The van der Waals surface area contributed by atoms with Gasteiger partial charge in [0.25, 0.3) is 0 Å². The van der Waals surface area contributed by atoms with Gasteiger partial charge in [-0.15, -0.1) is 0 Å². The first kappa shape index (κ1) is 20.0. The van der Waals surface area contributed by atoms with Crippen LogP contribution in [0, 0.1) is 27.7 Å². The van der Waals surface area contributed by atoms with Crippen LogP contribution in [0.2, 0.25) is 0 Å². The molecule has 0 heterocycles. The second-order valence-corrected chi connectivity index (χ2v) is 6.88. The summed E-state index contributed by atoms with van der Waals surface area (Å²) >= 11 is 0. The fourth-order valence-electron chi connectivity index (χ4n) is 2.76. The van der Waals surface area contributed by atoms with Gasteiger partial charge in [-0.05, 0) is 77.3 Å². The van der Waals surface area contributed by atoms with Crippen LogP contribution in [0.25, 0.3) is 0 Å². The number of ether oxygens (including phenoxy) is 1. The van der Waals surface area contributed by atoms with Crippen LogP contribution in [-0.2, 0) is 0 Å². The van der Waals surface area contributed by atoms with Gasteiger partial charge in [0, 0.05) is 5.56 Å². The molecule has 0 saturated heterocycles. The molecule has 0 aliphatic carbocycles. The number of hydrogen-bond donors (Lipinski definition) is 0. The van der Waals surface area contributed by atoms with Gasteiger partial charge in [0.2, 0.25) is 0 Å². The van der Waals surface area contributed by atoms with E-state index in [1.807, 2.05) is 45.9 Å². The van der Waals surface area contributed by atoms with Gasteiger partial charge in [0.05, 0.1) is 6.61 Å². The van der Waals surface area contributed by atoms with Crippen LogP contribution in [0.3, 0.4) is 0 Å². The van der Waals surface area contributed by atoms with Crippen LogP contribution >= 0.6 is 8.58 Å². The minimum Gasteiger partial charge on any atom is -1.00 e. The Bertz CT molecular complexity index is 694. The summed E-state index contributed by atoms with van der Waals surface area (Å²) in [5, 5.41) is 1.09. The molecule has 0 amide bonds. The summed E-state index contributed by atoms with van der Waals surface area (Å²) in [6, 6.07) is 10.1. The summed E-state index contributed by atoms with van der Waals surface area (Å²) in [6.45, 7) is 10.8. The zero-order valence-electron chi connectivity index (χ0n) is 15.9. The second-order valence-electron chi connectivity index (χ2n) is 5.64. The van der Waals surface area contributed by atoms with E-state index in [0.29, 0.717) is 6.61 Å². The molecule has 1 atom stereocenters. The Hall–Kier alpha value is -1.06. The second kappa shape index (κ2) is 8.70. The molecule has 0 aliphatic heterocycles. The molecule has 0 bridgehead atoms. The molecule has 2 aromatic carbocycles. The molecule has 0 aromatic heterocycles. The van der Waals surface area contributed by atoms with Crippen molar-refractivity contribution in [3.63, 3.8) is 0 Å². The molecule has 4 heteroatoms. The number of benzene rings is 2. The van der Waals surface area contributed by atoms with Crippen molar-refractivity contribution in [1.29, 1.82) is 0 Å². The van der Waals surface area contributed by atoms with Crippen molar-refractivity contribution in [2.24, 2.45) is 0 Å². The Morgan fingerprint density at radius 2 is 1.65 bits per heavy atom. The Balaban J connectivity index is 0.00000264. The number of aryl methyl sites for hydroxylation is 4. The van der Waals surface area contributed by atoms with E-state index in [-0.39, 0.29) is 34.4 Å². The van der Waals surface area contributed by atoms with Gasteiger partial charge in [0.1, 0.15) is 5.75 Å². The van der Waals surface area contributed by atoms with Crippen LogP contribution in [0.4, 0.5) is 0 Å². The molecule has 0 spiro atoms. The Labute approximate surface area is 154 Å². The van der Waals surface area contributed by atoms with Gasteiger partial charge < -0.3 is 6.16 Å². The van der Waals surface area contributed by atoms with Crippen LogP contribution in [0.1, 0.15) is 41.0 Å². The molecule has 23 heavy (non-hydrogen) atoms. The number of hydrogen-bond acceptors (Lipinski definition) is 2. The molecule has 2 rings (SSSR count). The maximum absolute atomic E-state index is 12.7. The first-order valence-electron chi connectivity index (χ1n) is 7.55. The van der Waals surface area contributed by atoms with Crippen LogP contribution in [0.15, 0.2) is 30.3 Å². The third-order valence-electron chi connectivity index (χ3n) is 3.66. The number of carbonyl (C=O) groups is 1. The number of rotatable bonds is 5. The van der Waals surface area contributed by atoms with Crippen molar-refractivity contribution < 1.29 is 29.8 Å². The van der Waals surface area contributed by atoms with E-state index >= 15 is 0 Å². The predicted molar refractivity (Wildman–Crippen MR) is 96.4 cm³/mol. The van der Waals surface area contributed by atoms with Gasteiger partial charge >= 0.3 is 18.9 Å². The van der Waals surface area contributed by atoms with Crippen molar-refractivity contribution in [3.05, 3.63) is 58.1 Å². The quantitative estimate of drug-likeness (QED) is 0.617. The molecule has 0 fully saturated rings. The fraction of sp³-hybridized carbons (Fsp3) is 0.316. The Kier molecular flexibility index (Phi) is 7.55. The molecule has 0 saturated carbocycles. The third-order valence-corrected chi connectivity index (χ3v) is 4.97. The van der Waals surface area contributed by atoms with Crippen LogP contribution < -0.4 is 28.9 Å². The SMILES string of the molecule is CCOc1ccc(PC(=O)c2c(C)cc(C)cc2C)c(C)c1.[H-].[Li+]. The average Bonchev–Trinajstić information content (AvgIpc) is 2.41. The first-order chi connectivity index (χ1) is 10.4. The molecule has 118 valence electrons. The minimum atomic E-state index is 0. The van der Waals surface area contributed by atoms with Gasteiger partial charge in [-0.3, -0.25) is 4.79 Å². The standard InChI is InChI=1S/C19H23O2P.Li.H/c1-6-21-16-7-8-17(13(3)11-16)22-19(20)18-14(4)9-12(2)10-15(18)5;;/h7-11,22H,6H2,1-5H3;;/q;+1;-1. The Morgan fingerprint density at radius 3 is 2.17 bits per heavy atom.